The molecule has 0 aromatic carbocycles. The minimum Gasteiger partial charge on any atom is -0.393 e. The third-order valence-electron chi connectivity index (χ3n) is 10.5. The predicted octanol–water partition coefficient (Wildman–Crippen LogP) is 7.72. The molecule has 0 aromatic rings. The molecular weight excluding hydrogens is 364 g/mol. The Morgan fingerprint density at radius 2 is 1.83 bits per heavy atom. The molecule has 0 amide bonds. The fourth-order valence-corrected chi connectivity index (χ4v) is 8.49. The second-order valence-corrected chi connectivity index (χ2v) is 12.0. The van der Waals surface area contributed by atoms with E-state index in [9.17, 15) is 5.11 Å². The van der Waals surface area contributed by atoms with Gasteiger partial charge >= 0.3 is 0 Å². The topological polar surface area (TPSA) is 20.2 Å². The smallest absolute Gasteiger partial charge is 0.0543 e. The van der Waals surface area contributed by atoms with Crippen LogP contribution in [-0.4, -0.2) is 11.2 Å². The molecule has 3 fully saturated rings. The molecular formula is C29H46O. The number of aliphatic hydroxyl groups excluding tert-OH is 1. The Bertz CT molecular complexity index is 716. The van der Waals surface area contributed by atoms with Crippen molar-refractivity contribution in [2.45, 2.75) is 98.5 Å². The fraction of sp³-hybridized carbons (Fsp3) is 0.793. The van der Waals surface area contributed by atoms with Crippen LogP contribution >= 0.6 is 0 Å². The van der Waals surface area contributed by atoms with Gasteiger partial charge in [-0.3, -0.25) is 0 Å². The van der Waals surface area contributed by atoms with Gasteiger partial charge in [0.1, 0.15) is 0 Å². The normalized spacial score (nSPS) is 45.3. The Balaban J connectivity index is 1.54. The van der Waals surface area contributed by atoms with Crippen molar-refractivity contribution in [3.05, 3.63) is 36.0 Å². The first kappa shape index (κ1) is 22.4. The van der Waals surface area contributed by atoms with Crippen molar-refractivity contribution >= 4 is 0 Å². The minimum atomic E-state index is -0.0541. The van der Waals surface area contributed by atoms with Crippen LogP contribution in [0.15, 0.2) is 36.0 Å². The fourth-order valence-electron chi connectivity index (χ4n) is 8.49. The number of aliphatic hydroxyl groups is 1. The largest absolute Gasteiger partial charge is 0.393 e. The van der Waals surface area contributed by atoms with E-state index < -0.39 is 0 Å². The standard InChI is InChI=1S/C29H46O/c1-7-21(19(2)3)9-8-20(4)25-12-13-26-24-11-10-22-18-23(30)14-16-28(22,5)27(24)15-17-29(25,26)6/h8-9,11,20-23,25-27,30H,2,7,10,12-18H2,1,3-6H3/t20-,21+,22+,23+,25-,26+,27+,28+,29-/m1/s1. The zero-order chi connectivity index (χ0) is 21.7. The van der Waals surface area contributed by atoms with Crippen molar-refractivity contribution in [2.75, 3.05) is 0 Å². The highest BCUT2D eigenvalue weighted by molar-refractivity contribution is 5.28. The van der Waals surface area contributed by atoms with Gasteiger partial charge in [0.15, 0.2) is 0 Å². The molecule has 1 nitrogen and oxygen atoms in total. The Labute approximate surface area is 186 Å². The molecule has 0 radical (unpaired) electrons. The Hall–Kier alpha value is -0.820. The first-order chi connectivity index (χ1) is 14.2. The van der Waals surface area contributed by atoms with E-state index in [0.29, 0.717) is 28.6 Å². The van der Waals surface area contributed by atoms with E-state index in [1.54, 1.807) is 0 Å². The van der Waals surface area contributed by atoms with Crippen LogP contribution in [0.5, 0.6) is 0 Å². The molecule has 4 rings (SSSR count). The average Bonchev–Trinajstić information content (AvgIpc) is 3.06. The average molecular weight is 411 g/mol. The van der Waals surface area contributed by atoms with Crippen LogP contribution in [0.4, 0.5) is 0 Å². The van der Waals surface area contributed by atoms with Crippen LogP contribution in [0.25, 0.3) is 0 Å². The van der Waals surface area contributed by atoms with Crippen LogP contribution in [0.1, 0.15) is 92.4 Å². The zero-order valence-corrected chi connectivity index (χ0v) is 20.3. The Kier molecular flexibility index (Phi) is 6.17. The molecule has 0 aliphatic heterocycles. The van der Waals surface area contributed by atoms with E-state index in [2.05, 4.69) is 59.4 Å². The van der Waals surface area contributed by atoms with Gasteiger partial charge in [0.05, 0.1) is 6.10 Å². The summed E-state index contributed by atoms with van der Waals surface area (Å²) in [5, 5.41) is 10.3. The van der Waals surface area contributed by atoms with Gasteiger partial charge in [0.25, 0.3) is 0 Å². The number of rotatable bonds is 5. The molecule has 4 aliphatic carbocycles. The molecule has 168 valence electrons. The molecule has 1 heteroatoms. The van der Waals surface area contributed by atoms with Gasteiger partial charge in [-0.25, -0.2) is 0 Å². The molecule has 0 aromatic heterocycles. The van der Waals surface area contributed by atoms with Gasteiger partial charge in [0.2, 0.25) is 0 Å². The second-order valence-electron chi connectivity index (χ2n) is 12.0. The maximum Gasteiger partial charge on any atom is 0.0543 e. The van der Waals surface area contributed by atoms with Crippen molar-refractivity contribution in [1.29, 1.82) is 0 Å². The first-order valence-corrected chi connectivity index (χ1v) is 12.9. The molecule has 9 atom stereocenters. The highest BCUT2D eigenvalue weighted by Gasteiger charge is 2.57. The summed E-state index contributed by atoms with van der Waals surface area (Å²) in [7, 11) is 0. The van der Waals surface area contributed by atoms with Crippen molar-refractivity contribution in [2.24, 2.45) is 46.3 Å². The number of hydrogen-bond donors (Lipinski definition) is 1. The summed E-state index contributed by atoms with van der Waals surface area (Å²) in [5.74, 6) is 4.27. The van der Waals surface area contributed by atoms with E-state index in [4.69, 9.17) is 0 Å². The van der Waals surface area contributed by atoms with Crippen molar-refractivity contribution in [3.8, 4) is 0 Å². The van der Waals surface area contributed by atoms with Crippen LogP contribution < -0.4 is 0 Å². The third-order valence-corrected chi connectivity index (χ3v) is 10.5. The summed E-state index contributed by atoms with van der Waals surface area (Å²) < 4.78 is 0. The second kappa shape index (κ2) is 8.27. The molecule has 0 heterocycles. The van der Waals surface area contributed by atoms with Crippen LogP contribution in [0, 0.1) is 46.3 Å². The van der Waals surface area contributed by atoms with Crippen LogP contribution in [0.2, 0.25) is 0 Å². The lowest BCUT2D eigenvalue weighted by Crippen LogP contribution is -2.49. The van der Waals surface area contributed by atoms with E-state index >= 15 is 0 Å². The molecule has 0 unspecified atom stereocenters. The lowest BCUT2D eigenvalue weighted by Gasteiger charge is -2.57. The van der Waals surface area contributed by atoms with Gasteiger partial charge < -0.3 is 5.11 Å². The van der Waals surface area contributed by atoms with E-state index in [-0.39, 0.29) is 6.10 Å². The highest BCUT2D eigenvalue weighted by atomic mass is 16.3. The molecule has 30 heavy (non-hydrogen) atoms. The minimum absolute atomic E-state index is 0.0541. The lowest BCUT2D eigenvalue weighted by atomic mass is 9.47. The van der Waals surface area contributed by atoms with Crippen molar-refractivity contribution < 1.29 is 5.11 Å². The molecule has 4 aliphatic rings. The van der Waals surface area contributed by atoms with Gasteiger partial charge in [-0.05, 0) is 111 Å². The summed E-state index contributed by atoms with van der Waals surface area (Å²) in [6, 6.07) is 0. The van der Waals surface area contributed by atoms with Gasteiger partial charge in [0, 0.05) is 0 Å². The summed E-state index contributed by atoms with van der Waals surface area (Å²) in [5.41, 5.74) is 4.04. The quantitative estimate of drug-likeness (QED) is 0.460. The number of fused-ring (bicyclic) bond motifs is 5. The third kappa shape index (κ3) is 3.58. The monoisotopic (exact) mass is 410 g/mol. The van der Waals surface area contributed by atoms with Gasteiger partial charge in [-0.15, -0.1) is 0 Å². The molecule has 0 bridgehead atoms. The molecule has 3 saturated carbocycles. The number of allylic oxidation sites excluding steroid dienone is 5. The molecule has 0 saturated heterocycles. The van der Waals surface area contributed by atoms with Crippen LogP contribution in [0.3, 0.4) is 0 Å². The maximum atomic E-state index is 10.3. The highest BCUT2D eigenvalue weighted by Crippen LogP contribution is 2.66. The van der Waals surface area contributed by atoms with Crippen molar-refractivity contribution in [3.63, 3.8) is 0 Å². The summed E-state index contributed by atoms with van der Waals surface area (Å²) in [6.45, 7) is 16.3. The van der Waals surface area contributed by atoms with E-state index in [0.717, 1.165) is 37.0 Å². The van der Waals surface area contributed by atoms with Gasteiger partial charge in [-0.2, -0.15) is 0 Å². The summed E-state index contributed by atoms with van der Waals surface area (Å²) in [6.07, 6.45) is 18.8. The predicted molar refractivity (Wildman–Crippen MR) is 128 cm³/mol. The summed E-state index contributed by atoms with van der Waals surface area (Å²) in [4.78, 5) is 0. The number of hydrogen-bond acceptors (Lipinski definition) is 1. The molecule has 0 spiro atoms. The van der Waals surface area contributed by atoms with Gasteiger partial charge in [-0.1, -0.05) is 63.6 Å². The van der Waals surface area contributed by atoms with Crippen LogP contribution in [-0.2, 0) is 0 Å². The van der Waals surface area contributed by atoms with E-state index in [1.165, 1.54) is 44.1 Å². The molecule has 1 N–H and O–H groups in total. The maximum absolute atomic E-state index is 10.3. The summed E-state index contributed by atoms with van der Waals surface area (Å²) >= 11 is 0. The SMILES string of the molecule is C=C(C)[C@H](C=C[C@@H](C)[C@H]1CC[C@H]2C3=CC[C@H]4C[C@@H](O)CC[C@]4(C)[C@H]3CC[C@]12C)CC. The van der Waals surface area contributed by atoms with E-state index in [1.807, 2.05) is 5.57 Å². The van der Waals surface area contributed by atoms with Crippen molar-refractivity contribution in [1.82, 2.24) is 0 Å². The first-order valence-electron chi connectivity index (χ1n) is 12.9. The lowest BCUT2D eigenvalue weighted by molar-refractivity contribution is -0.0414. The Morgan fingerprint density at radius 3 is 2.53 bits per heavy atom. The Morgan fingerprint density at radius 1 is 1.13 bits per heavy atom. The zero-order valence-electron chi connectivity index (χ0n) is 20.3.